The zero-order chi connectivity index (χ0) is 17.9. The topological polar surface area (TPSA) is 71.6 Å². The number of hydrogen-bond donors (Lipinski definition) is 0. The van der Waals surface area contributed by atoms with Crippen molar-refractivity contribution in [3.63, 3.8) is 0 Å². The Labute approximate surface area is 150 Å². The summed E-state index contributed by atoms with van der Waals surface area (Å²) < 4.78 is 0. The molecule has 4 rings (SSSR count). The molecule has 0 radical (unpaired) electrons. The van der Waals surface area contributed by atoms with Crippen LogP contribution in [0.3, 0.4) is 0 Å². The van der Waals surface area contributed by atoms with Gasteiger partial charge in [0.05, 0.1) is 22.4 Å². The summed E-state index contributed by atoms with van der Waals surface area (Å²) in [5.74, 6) is 0. The van der Waals surface area contributed by atoms with Crippen molar-refractivity contribution < 1.29 is 4.92 Å². The molecule has 3 aromatic rings. The minimum absolute atomic E-state index is 0.0200. The van der Waals surface area contributed by atoms with Crippen LogP contribution in [0.5, 0.6) is 0 Å². The molecule has 1 aliphatic heterocycles. The number of rotatable bonds is 4. The van der Waals surface area contributed by atoms with E-state index in [4.69, 9.17) is 5.10 Å². The third kappa shape index (κ3) is 3.04. The van der Waals surface area contributed by atoms with Crippen LogP contribution in [0, 0.1) is 10.1 Å². The standard InChI is InChI=1S/C20H16N4O2/c25-24(26)18-10-8-15(9-11-18)20-13-19(16-5-4-12-21-14-16)22-23(20)17-6-2-1-3-7-17/h1-12,14,20H,13H2. The number of hydrazone groups is 1. The largest absolute Gasteiger partial charge is 0.269 e. The van der Waals surface area contributed by atoms with E-state index >= 15 is 0 Å². The van der Waals surface area contributed by atoms with Crippen molar-refractivity contribution in [3.8, 4) is 0 Å². The van der Waals surface area contributed by atoms with Crippen LogP contribution in [0.4, 0.5) is 11.4 Å². The number of anilines is 1. The summed E-state index contributed by atoms with van der Waals surface area (Å²) >= 11 is 0. The van der Waals surface area contributed by atoms with Gasteiger partial charge in [0.15, 0.2) is 0 Å². The van der Waals surface area contributed by atoms with Crippen LogP contribution in [0.15, 0.2) is 84.2 Å². The Bertz CT molecular complexity index is 941. The van der Waals surface area contributed by atoms with Gasteiger partial charge in [0.1, 0.15) is 0 Å². The lowest BCUT2D eigenvalue weighted by Crippen LogP contribution is -2.18. The summed E-state index contributed by atoms with van der Waals surface area (Å²) in [5.41, 5.74) is 3.99. The van der Waals surface area contributed by atoms with E-state index in [-0.39, 0.29) is 16.7 Å². The van der Waals surface area contributed by atoms with E-state index in [2.05, 4.69) is 4.98 Å². The molecule has 128 valence electrons. The highest BCUT2D eigenvalue weighted by molar-refractivity contribution is 6.03. The first-order valence-electron chi connectivity index (χ1n) is 8.29. The van der Waals surface area contributed by atoms with E-state index in [0.29, 0.717) is 6.42 Å². The average molecular weight is 344 g/mol. The molecule has 26 heavy (non-hydrogen) atoms. The fraction of sp³-hybridized carbons (Fsp3) is 0.100. The highest BCUT2D eigenvalue weighted by Crippen LogP contribution is 2.36. The van der Waals surface area contributed by atoms with Crippen molar-refractivity contribution >= 4 is 17.1 Å². The van der Waals surface area contributed by atoms with Crippen LogP contribution in [-0.4, -0.2) is 15.6 Å². The van der Waals surface area contributed by atoms with Gasteiger partial charge in [-0.25, -0.2) is 0 Å². The molecule has 6 nitrogen and oxygen atoms in total. The van der Waals surface area contributed by atoms with Crippen molar-refractivity contribution in [2.75, 3.05) is 5.01 Å². The molecule has 6 heteroatoms. The number of aromatic nitrogens is 1. The van der Waals surface area contributed by atoms with Crippen LogP contribution in [0.1, 0.15) is 23.6 Å². The Hall–Kier alpha value is -3.54. The Kier molecular flexibility index (Phi) is 4.15. The lowest BCUT2D eigenvalue weighted by Gasteiger charge is -2.23. The second-order valence-electron chi connectivity index (χ2n) is 6.04. The number of nitro groups is 1. The highest BCUT2D eigenvalue weighted by Gasteiger charge is 2.30. The molecule has 0 saturated carbocycles. The molecule has 0 bridgehead atoms. The minimum atomic E-state index is -0.384. The van der Waals surface area contributed by atoms with Crippen LogP contribution in [0.25, 0.3) is 0 Å². The van der Waals surface area contributed by atoms with E-state index < -0.39 is 0 Å². The maximum absolute atomic E-state index is 10.9. The maximum Gasteiger partial charge on any atom is 0.269 e. The molecule has 0 amide bonds. The number of benzene rings is 2. The van der Waals surface area contributed by atoms with Gasteiger partial charge in [-0.2, -0.15) is 5.10 Å². The molecular formula is C20H16N4O2. The van der Waals surface area contributed by atoms with Crippen LogP contribution < -0.4 is 5.01 Å². The predicted octanol–water partition coefficient (Wildman–Crippen LogP) is 4.35. The molecule has 1 unspecified atom stereocenters. The first-order valence-corrected chi connectivity index (χ1v) is 8.29. The summed E-state index contributed by atoms with van der Waals surface area (Å²) in [6, 6.07) is 20.5. The van der Waals surface area contributed by atoms with Gasteiger partial charge in [-0.3, -0.25) is 20.1 Å². The number of hydrogen-bond acceptors (Lipinski definition) is 5. The van der Waals surface area contributed by atoms with Gasteiger partial charge in [-0.1, -0.05) is 36.4 Å². The highest BCUT2D eigenvalue weighted by atomic mass is 16.6. The van der Waals surface area contributed by atoms with Gasteiger partial charge in [0.25, 0.3) is 5.69 Å². The summed E-state index contributed by atoms with van der Waals surface area (Å²) in [4.78, 5) is 14.7. The lowest BCUT2D eigenvalue weighted by atomic mass is 9.98. The van der Waals surface area contributed by atoms with Gasteiger partial charge < -0.3 is 0 Å². The quantitative estimate of drug-likeness (QED) is 0.521. The summed E-state index contributed by atoms with van der Waals surface area (Å²) in [5, 5.41) is 17.7. The SMILES string of the molecule is O=[N+]([O-])c1ccc(C2CC(c3cccnc3)=NN2c2ccccc2)cc1. The number of non-ortho nitro benzene ring substituents is 1. The van der Waals surface area contributed by atoms with Gasteiger partial charge in [0, 0.05) is 36.5 Å². The first-order chi connectivity index (χ1) is 12.7. The minimum Gasteiger partial charge on any atom is -0.264 e. The average Bonchev–Trinajstić information content (AvgIpc) is 3.15. The summed E-state index contributed by atoms with van der Waals surface area (Å²) in [7, 11) is 0. The lowest BCUT2D eigenvalue weighted by molar-refractivity contribution is -0.384. The number of nitrogens with zero attached hydrogens (tertiary/aromatic N) is 4. The maximum atomic E-state index is 10.9. The van der Waals surface area contributed by atoms with E-state index in [0.717, 1.165) is 22.5 Å². The van der Waals surface area contributed by atoms with Gasteiger partial charge in [-0.05, 0) is 23.8 Å². The number of para-hydroxylation sites is 1. The second-order valence-corrected chi connectivity index (χ2v) is 6.04. The van der Waals surface area contributed by atoms with E-state index in [9.17, 15) is 10.1 Å². The van der Waals surface area contributed by atoms with Crippen molar-refractivity contribution in [1.29, 1.82) is 0 Å². The van der Waals surface area contributed by atoms with Crippen molar-refractivity contribution in [1.82, 2.24) is 4.98 Å². The molecule has 1 aromatic heterocycles. The Morgan fingerprint density at radius 3 is 2.42 bits per heavy atom. The molecule has 1 atom stereocenters. The molecule has 2 heterocycles. The second kappa shape index (κ2) is 6.76. The molecular weight excluding hydrogens is 328 g/mol. The predicted molar refractivity (Wildman–Crippen MR) is 100 cm³/mol. The molecule has 1 aliphatic rings. The fourth-order valence-corrected chi connectivity index (χ4v) is 3.11. The van der Waals surface area contributed by atoms with Crippen LogP contribution in [-0.2, 0) is 0 Å². The van der Waals surface area contributed by atoms with Crippen molar-refractivity contribution in [2.24, 2.45) is 5.10 Å². The Morgan fingerprint density at radius 1 is 1.00 bits per heavy atom. The molecule has 0 spiro atoms. The zero-order valence-electron chi connectivity index (χ0n) is 13.9. The van der Waals surface area contributed by atoms with Gasteiger partial charge >= 0.3 is 0 Å². The molecule has 0 saturated heterocycles. The molecule has 2 aromatic carbocycles. The fourth-order valence-electron chi connectivity index (χ4n) is 3.11. The molecule has 0 fully saturated rings. The molecule has 0 aliphatic carbocycles. The Morgan fingerprint density at radius 2 is 1.77 bits per heavy atom. The van der Waals surface area contributed by atoms with E-state index in [1.807, 2.05) is 47.5 Å². The zero-order valence-corrected chi connectivity index (χ0v) is 13.9. The Balaban J connectivity index is 1.72. The normalized spacial score (nSPS) is 16.4. The third-order valence-electron chi connectivity index (χ3n) is 4.41. The number of pyridine rings is 1. The first kappa shape index (κ1) is 16.0. The van der Waals surface area contributed by atoms with Gasteiger partial charge in [0.2, 0.25) is 0 Å². The van der Waals surface area contributed by atoms with Crippen LogP contribution in [0.2, 0.25) is 0 Å². The van der Waals surface area contributed by atoms with Crippen LogP contribution >= 0.6 is 0 Å². The van der Waals surface area contributed by atoms with Crippen molar-refractivity contribution in [3.05, 3.63) is 100 Å². The summed E-state index contributed by atoms with van der Waals surface area (Å²) in [6.07, 6.45) is 4.25. The van der Waals surface area contributed by atoms with Gasteiger partial charge in [-0.15, -0.1) is 0 Å². The number of nitro benzene ring substituents is 1. The van der Waals surface area contributed by atoms with E-state index in [1.54, 1.807) is 36.7 Å². The van der Waals surface area contributed by atoms with Crippen molar-refractivity contribution in [2.45, 2.75) is 12.5 Å². The van der Waals surface area contributed by atoms with E-state index in [1.165, 1.54) is 0 Å². The summed E-state index contributed by atoms with van der Waals surface area (Å²) in [6.45, 7) is 0. The molecule has 0 N–H and O–H groups in total. The monoisotopic (exact) mass is 344 g/mol. The third-order valence-corrected chi connectivity index (χ3v) is 4.41. The smallest absolute Gasteiger partial charge is 0.264 e.